The van der Waals surface area contributed by atoms with E-state index in [2.05, 4.69) is 20.5 Å². The SMILES string of the molecule is COc1ccc(S(=O)(=O)CCCC(=O)Nc2nnc(-c3sc(C)nc3C)o2)cc1. The second-order valence-corrected chi connectivity index (χ2v) is 9.52. The molecule has 0 aliphatic heterocycles. The van der Waals surface area contributed by atoms with Crippen molar-refractivity contribution in [2.45, 2.75) is 31.6 Å². The summed E-state index contributed by atoms with van der Waals surface area (Å²) >= 11 is 1.42. The maximum atomic E-state index is 12.3. The van der Waals surface area contributed by atoms with Gasteiger partial charge in [0, 0.05) is 6.42 Å². The van der Waals surface area contributed by atoms with Crippen molar-refractivity contribution < 1.29 is 22.4 Å². The molecule has 2 heterocycles. The quantitative estimate of drug-likeness (QED) is 0.571. The van der Waals surface area contributed by atoms with Crippen LogP contribution in [-0.4, -0.2) is 42.4 Å². The largest absolute Gasteiger partial charge is 0.497 e. The van der Waals surface area contributed by atoms with E-state index in [0.717, 1.165) is 15.6 Å². The van der Waals surface area contributed by atoms with Crippen LogP contribution in [0.5, 0.6) is 5.75 Å². The van der Waals surface area contributed by atoms with Crippen LogP contribution in [0.25, 0.3) is 10.8 Å². The second-order valence-electron chi connectivity index (χ2n) is 6.21. The van der Waals surface area contributed by atoms with Gasteiger partial charge in [-0.3, -0.25) is 10.1 Å². The zero-order valence-corrected chi connectivity index (χ0v) is 17.8. The van der Waals surface area contributed by atoms with Crippen LogP contribution in [0.2, 0.25) is 0 Å². The molecule has 3 aromatic rings. The average Bonchev–Trinajstić information content (AvgIpc) is 3.27. The van der Waals surface area contributed by atoms with Crippen molar-refractivity contribution in [3.05, 3.63) is 35.0 Å². The molecule has 1 N–H and O–H groups in total. The summed E-state index contributed by atoms with van der Waals surface area (Å²) in [6, 6.07) is 6.10. The van der Waals surface area contributed by atoms with Crippen LogP contribution in [-0.2, 0) is 14.6 Å². The molecule has 0 aliphatic rings. The molecule has 0 saturated heterocycles. The van der Waals surface area contributed by atoms with Crippen LogP contribution in [0.3, 0.4) is 0 Å². The maximum Gasteiger partial charge on any atom is 0.322 e. The molecule has 29 heavy (non-hydrogen) atoms. The number of thiazole rings is 1. The van der Waals surface area contributed by atoms with Gasteiger partial charge in [-0.1, -0.05) is 5.10 Å². The Morgan fingerprint density at radius 2 is 1.93 bits per heavy atom. The van der Waals surface area contributed by atoms with E-state index in [4.69, 9.17) is 9.15 Å². The van der Waals surface area contributed by atoms with E-state index < -0.39 is 15.7 Å². The van der Waals surface area contributed by atoms with Crippen LogP contribution >= 0.6 is 11.3 Å². The maximum absolute atomic E-state index is 12.3. The lowest BCUT2D eigenvalue weighted by molar-refractivity contribution is -0.116. The highest BCUT2D eigenvalue weighted by atomic mass is 32.2. The predicted octanol–water partition coefficient (Wildman–Crippen LogP) is 3.01. The van der Waals surface area contributed by atoms with Crippen molar-refractivity contribution in [3.63, 3.8) is 0 Å². The first kappa shape index (κ1) is 20.9. The Labute approximate surface area is 172 Å². The van der Waals surface area contributed by atoms with Crippen LogP contribution in [0.4, 0.5) is 6.01 Å². The third-order valence-corrected chi connectivity index (χ3v) is 6.88. The van der Waals surface area contributed by atoms with E-state index in [1.165, 1.54) is 30.6 Å². The van der Waals surface area contributed by atoms with E-state index in [9.17, 15) is 13.2 Å². The number of hydrogen-bond donors (Lipinski definition) is 1. The van der Waals surface area contributed by atoms with Crippen molar-refractivity contribution in [2.75, 3.05) is 18.2 Å². The summed E-state index contributed by atoms with van der Waals surface area (Å²) in [7, 11) is -1.97. The number of nitrogens with one attached hydrogen (secondary N) is 1. The van der Waals surface area contributed by atoms with Gasteiger partial charge in [0.25, 0.3) is 5.89 Å². The van der Waals surface area contributed by atoms with E-state index in [-0.39, 0.29) is 35.4 Å². The highest BCUT2D eigenvalue weighted by Crippen LogP contribution is 2.29. The number of carbonyl (C=O) groups excluding carboxylic acids is 1. The van der Waals surface area contributed by atoms with E-state index >= 15 is 0 Å². The van der Waals surface area contributed by atoms with Gasteiger partial charge in [0.1, 0.15) is 10.6 Å². The number of aromatic nitrogens is 3. The molecule has 3 rings (SSSR count). The Bertz CT molecular complexity index is 1100. The number of aryl methyl sites for hydroxylation is 2. The lowest BCUT2D eigenvalue weighted by Crippen LogP contribution is -2.14. The molecule has 1 amide bonds. The Kier molecular flexibility index (Phi) is 6.28. The topological polar surface area (TPSA) is 124 Å². The molecule has 0 aliphatic carbocycles. The highest BCUT2D eigenvalue weighted by molar-refractivity contribution is 7.91. The molecule has 154 valence electrons. The van der Waals surface area contributed by atoms with Gasteiger partial charge in [0.15, 0.2) is 9.84 Å². The Morgan fingerprint density at radius 1 is 1.21 bits per heavy atom. The summed E-state index contributed by atoms with van der Waals surface area (Å²) in [5.74, 6) is 0.306. The van der Waals surface area contributed by atoms with Gasteiger partial charge in [0.05, 0.1) is 28.5 Å². The van der Waals surface area contributed by atoms with Crippen molar-refractivity contribution in [1.82, 2.24) is 15.2 Å². The van der Waals surface area contributed by atoms with Crippen LogP contribution in [0, 0.1) is 13.8 Å². The molecular formula is C18H20N4O5S2. The van der Waals surface area contributed by atoms with Gasteiger partial charge in [-0.2, -0.15) is 0 Å². The molecule has 11 heteroatoms. The zero-order valence-electron chi connectivity index (χ0n) is 16.1. The first-order valence-electron chi connectivity index (χ1n) is 8.73. The first-order chi connectivity index (χ1) is 13.8. The molecule has 0 radical (unpaired) electrons. The number of ether oxygens (including phenoxy) is 1. The molecule has 0 bridgehead atoms. The number of amides is 1. The number of sulfone groups is 1. The average molecular weight is 437 g/mol. The normalized spacial score (nSPS) is 11.4. The van der Waals surface area contributed by atoms with Gasteiger partial charge < -0.3 is 9.15 Å². The smallest absolute Gasteiger partial charge is 0.322 e. The number of carbonyl (C=O) groups is 1. The first-order valence-corrected chi connectivity index (χ1v) is 11.2. The Morgan fingerprint density at radius 3 is 2.55 bits per heavy atom. The molecule has 0 fully saturated rings. The zero-order chi connectivity index (χ0) is 21.0. The number of anilines is 1. The van der Waals surface area contributed by atoms with Crippen molar-refractivity contribution >= 4 is 33.1 Å². The standard InChI is InChI=1S/C18H20N4O5S2/c1-11-16(28-12(2)19-11)17-21-22-18(27-17)20-15(23)5-4-10-29(24,25)14-8-6-13(26-3)7-9-14/h6-9H,4-5,10H2,1-3H3,(H,20,22,23). The number of methoxy groups -OCH3 is 1. The minimum atomic E-state index is -3.48. The fourth-order valence-electron chi connectivity index (χ4n) is 2.60. The summed E-state index contributed by atoms with van der Waals surface area (Å²) < 4.78 is 35.2. The van der Waals surface area contributed by atoms with Gasteiger partial charge in [0.2, 0.25) is 5.91 Å². The van der Waals surface area contributed by atoms with Gasteiger partial charge in [-0.15, -0.1) is 16.4 Å². The second kappa shape index (κ2) is 8.70. The van der Waals surface area contributed by atoms with Crippen LogP contribution in [0.1, 0.15) is 23.5 Å². The van der Waals surface area contributed by atoms with Crippen molar-refractivity contribution in [2.24, 2.45) is 0 Å². The third-order valence-electron chi connectivity index (χ3n) is 4.00. The third kappa shape index (κ3) is 5.18. The fraction of sp³-hybridized carbons (Fsp3) is 0.333. The number of hydrogen-bond acceptors (Lipinski definition) is 9. The molecule has 0 spiro atoms. The minimum Gasteiger partial charge on any atom is -0.497 e. The number of benzene rings is 1. The van der Waals surface area contributed by atoms with E-state index in [0.29, 0.717) is 5.75 Å². The minimum absolute atomic E-state index is 0.00575. The fourth-order valence-corrected chi connectivity index (χ4v) is 4.75. The predicted molar refractivity (Wildman–Crippen MR) is 108 cm³/mol. The lowest BCUT2D eigenvalue weighted by atomic mass is 10.3. The number of rotatable bonds is 8. The molecular weight excluding hydrogens is 416 g/mol. The monoisotopic (exact) mass is 436 g/mol. The molecule has 0 unspecified atom stereocenters. The molecule has 0 saturated carbocycles. The molecule has 1 aromatic carbocycles. The summed E-state index contributed by atoms with van der Waals surface area (Å²) in [6.07, 6.45) is 0.167. The van der Waals surface area contributed by atoms with Gasteiger partial charge in [-0.05, 0) is 44.5 Å². The molecule has 0 atom stereocenters. The van der Waals surface area contributed by atoms with Crippen molar-refractivity contribution in [1.29, 1.82) is 0 Å². The van der Waals surface area contributed by atoms with Gasteiger partial charge >= 0.3 is 6.01 Å². The Hall–Kier alpha value is -2.79. The summed E-state index contributed by atoms with van der Waals surface area (Å²) in [4.78, 5) is 17.3. The van der Waals surface area contributed by atoms with E-state index in [1.54, 1.807) is 12.1 Å². The number of nitrogens with zero attached hydrogens (tertiary/aromatic N) is 3. The Balaban J connectivity index is 1.53. The summed E-state index contributed by atoms with van der Waals surface area (Å²) in [5, 5.41) is 11.1. The molecule has 2 aromatic heterocycles. The summed E-state index contributed by atoms with van der Waals surface area (Å²) in [6.45, 7) is 3.71. The summed E-state index contributed by atoms with van der Waals surface area (Å²) in [5.41, 5.74) is 0.776. The van der Waals surface area contributed by atoms with Crippen LogP contribution in [0.15, 0.2) is 33.6 Å². The molecule has 9 nitrogen and oxygen atoms in total. The van der Waals surface area contributed by atoms with E-state index in [1.807, 2.05) is 13.8 Å². The highest BCUT2D eigenvalue weighted by Gasteiger charge is 2.18. The van der Waals surface area contributed by atoms with Gasteiger partial charge in [-0.25, -0.2) is 13.4 Å². The van der Waals surface area contributed by atoms with Crippen molar-refractivity contribution in [3.8, 4) is 16.5 Å². The lowest BCUT2D eigenvalue weighted by Gasteiger charge is -2.05. The van der Waals surface area contributed by atoms with Crippen LogP contribution < -0.4 is 10.1 Å².